The summed E-state index contributed by atoms with van der Waals surface area (Å²) in [7, 11) is 1.90. The fourth-order valence-electron chi connectivity index (χ4n) is 1.53. The molecule has 2 aromatic heterocycles. The summed E-state index contributed by atoms with van der Waals surface area (Å²) in [4.78, 5) is 8.39. The average molecular weight is 361 g/mol. The highest BCUT2D eigenvalue weighted by molar-refractivity contribution is 9.11. The Labute approximate surface area is 116 Å². The number of aliphatic hydroxyl groups is 1. The number of hydrogen-bond donors (Lipinski definition) is 1. The van der Waals surface area contributed by atoms with E-state index in [-0.39, 0.29) is 0 Å². The molecule has 1 atom stereocenters. The summed E-state index contributed by atoms with van der Waals surface area (Å²) in [5.41, 5.74) is 0.621. The summed E-state index contributed by atoms with van der Waals surface area (Å²) in [5, 5.41) is 10.1. The SMILES string of the molecule is Cn1ccnc1CC(O)c1ncc(Br)cc1Br. The molecule has 90 valence electrons. The average Bonchev–Trinajstić information content (AvgIpc) is 2.64. The maximum absolute atomic E-state index is 10.1. The standard InChI is InChI=1S/C11H11Br2N3O/c1-16-3-2-14-10(16)5-9(17)11-8(13)4-7(12)6-15-11/h2-4,6,9,17H,5H2,1H3. The van der Waals surface area contributed by atoms with Crippen LogP contribution in [-0.2, 0) is 13.5 Å². The molecule has 17 heavy (non-hydrogen) atoms. The van der Waals surface area contributed by atoms with E-state index < -0.39 is 6.10 Å². The minimum atomic E-state index is -0.668. The second-order valence-electron chi connectivity index (χ2n) is 3.69. The zero-order chi connectivity index (χ0) is 12.4. The molecule has 0 aromatic carbocycles. The van der Waals surface area contributed by atoms with E-state index >= 15 is 0 Å². The monoisotopic (exact) mass is 359 g/mol. The summed E-state index contributed by atoms with van der Waals surface area (Å²) in [5.74, 6) is 0.828. The van der Waals surface area contributed by atoms with Crippen LogP contribution in [0.15, 0.2) is 33.6 Å². The number of aromatic nitrogens is 3. The van der Waals surface area contributed by atoms with Crippen LogP contribution in [0.3, 0.4) is 0 Å². The van der Waals surface area contributed by atoms with Crippen molar-refractivity contribution in [3.8, 4) is 0 Å². The van der Waals surface area contributed by atoms with Crippen molar-refractivity contribution in [3.63, 3.8) is 0 Å². The molecule has 0 fully saturated rings. The van der Waals surface area contributed by atoms with Crippen LogP contribution in [0, 0.1) is 0 Å². The third-order valence-corrected chi connectivity index (χ3v) is 3.52. The molecule has 4 nitrogen and oxygen atoms in total. The smallest absolute Gasteiger partial charge is 0.111 e. The maximum Gasteiger partial charge on any atom is 0.111 e. The molecule has 0 aliphatic heterocycles. The first-order chi connectivity index (χ1) is 8.08. The Morgan fingerprint density at radius 2 is 2.18 bits per heavy atom. The summed E-state index contributed by atoms with van der Waals surface area (Å²) in [6.07, 6.45) is 5.01. The first-order valence-corrected chi connectivity index (χ1v) is 6.61. The molecule has 0 amide bonds. The van der Waals surface area contributed by atoms with Crippen molar-refractivity contribution in [3.05, 3.63) is 45.1 Å². The number of aliphatic hydroxyl groups excluding tert-OH is 1. The number of rotatable bonds is 3. The number of hydrogen-bond acceptors (Lipinski definition) is 3. The minimum absolute atomic E-state index is 0.441. The fourth-order valence-corrected chi connectivity index (χ4v) is 2.78. The Morgan fingerprint density at radius 3 is 2.76 bits per heavy atom. The lowest BCUT2D eigenvalue weighted by atomic mass is 10.1. The molecule has 0 spiro atoms. The van der Waals surface area contributed by atoms with Gasteiger partial charge in [-0.3, -0.25) is 4.98 Å². The second-order valence-corrected chi connectivity index (χ2v) is 5.46. The van der Waals surface area contributed by atoms with Gasteiger partial charge in [0.25, 0.3) is 0 Å². The summed E-state index contributed by atoms with van der Waals surface area (Å²) in [6, 6.07) is 1.87. The summed E-state index contributed by atoms with van der Waals surface area (Å²) >= 11 is 6.72. The molecule has 0 aliphatic carbocycles. The van der Waals surface area contributed by atoms with Crippen LogP contribution in [0.4, 0.5) is 0 Å². The second kappa shape index (κ2) is 5.29. The van der Waals surface area contributed by atoms with E-state index in [0.717, 1.165) is 14.8 Å². The Bertz CT molecular complexity index is 527. The zero-order valence-electron chi connectivity index (χ0n) is 9.14. The van der Waals surface area contributed by atoms with Crippen LogP contribution in [0.1, 0.15) is 17.6 Å². The Kier molecular flexibility index (Phi) is 3.96. The van der Waals surface area contributed by atoms with Gasteiger partial charge in [0.2, 0.25) is 0 Å². The van der Waals surface area contributed by atoms with E-state index in [4.69, 9.17) is 0 Å². The van der Waals surface area contributed by atoms with Crippen LogP contribution in [-0.4, -0.2) is 19.6 Å². The summed E-state index contributed by atoms with van der Waals surface area (Å²) in [6.45, 7) is 0. The molecule has 2 aromatic rings. The van der Waals surface area contributed by atoms with E-state index in [1.165, 1.54) is 0 Å². The van der Waals surface area contributed by atoms with Gasteiger partial charge in [-0.2, -0.15) is 0 Å². The van der Waals surface area contributed by atoms with Crippen molar-refractivity contribution in [1.29, 1.82) is 0 Å². The molecule has 0 saturated heterocycles. The quantitative estimate of drug-likeness (QED) is 0.915. The molecule has 6 heteroatoms. The number of nitrogens with zero attached hydrogens (tertiary/aromatic N) is 3. The first-order valence-electron chi connectivity index (χ1n) is 5.03. The third kappa shape index (κ3) is 2.94. The Morgan fingerprint density at radius 1 is 1.41 bits per heavy atom. The molecule has 1 unspecified atom stereocenters. The van der Waals surface area contributed by atoms with Crippen molar-refractivity contribution in [2.24, 2.45) is 7.05 Å². The van der Waals surface area contributed by atoms with Crippen molar-refractivity contribution >= 4 is 31.9 Å². The van der Waals surface area contributed by atoms with E-state index in [1.54, 1.807) is 12.4 Å². The van der Waals surface area contributed by atoms with Gasteiger partial charge < -0.3 is 9.67 Å². The first kappa shape index (κ1) is 12.7. The minimum Gasteiger partial charge on any atom is -0.386 e. The number of imidazole rings is 1. The van der Waals surface area contributed by atoms with Crippen molar-refractivity contribution < 1.29 is 5.11 Å². The number of aryl methyl sites for hydroxylation is 1. The number of halogens is 2. The molecular formula is C11H11Br2N3O. The lowest BCUT2D eigenvalue weighted by molar-refractivity contribution is 0.169. The maximum atomic E-state index is 10.1. The number of pyridine rings is 1. The van der Waals surface area contributed by atoms with Gasteiger partial charge in [0, 0.05) is 41.0 Å². The molecule has 2 heterocycles. The molecule has 2 rings (SSSR count). The highest BCUT2D eigenvalue weighted by Gasteiger charge is 2.16. The molecule has 0 radical (unpaired) electrons. The lowest BCUT2D eigenvalue weighted by Gasteiger charge is -2.11. The Hall–Kier alpha value is -0.720. The van der Waals surface area contributed by atoms with Gasteiger partial charge >= 0.3 is 0 Å². The van der Waals surface area contributed by atoms with Gasteiger partial charge in [-0.25, -0.2) is 4.98 Å². The fraction of sp³-hybridized carbons (Fsp3) is 0.273. The zero-order valence-corrected chi connectivity index (χ0v) is 12.3. The van der Waals surface area contributed by atoms with Crippen LogP contribution in [0.2, 0.25) is 0 Å². The van der Waals surface area contributed by atoms with Gasteiger partial charge in [-0.15, -0.1) is 0 Å². The highest BCUT2D eigenvalue weighted by atomic mass is 79.9. The predicted octanol–water partition coefficient (Wildman–Crippen LogP) is 2.62. The molecule has 0 bridgehead atoms. The molecular weight excluding hydrogens is 350 g/mol. The van der Waals surface area contributed by atoms with Gasteiger partial charge in [0.05, 0.1) is 5.69 Å². The van der Waals surface area contributed by atoms with Crippen molar-refractivity contribution in [2.45, 2.75) is 12.5 Å². The van der Waals surface area contributed by atoms with Gasteiger partial charge in [0.1, 0.15) is 11.9 Å². The molecule has 0 saturated carbocycles. The van der Waals surface area contributed by atoms with Gasteiger partial charge in [-0.1, -0.05) is 0 Å². The van der Waals surface area contributed by atoms with Gasteiger partial charge in [0.15, 0.2) is 0 Å². The normalized spacial score (nSPS) is 12.7. The molecule has 0 aliphatic rings. The highest BCUT2D eigenvalue weighted by Crippen LogP contribution is 2.26. The largest absolute Gasteiger partial charge is 0.386 e. The van der Waals surface area contributed by atoms with E-state index in [2.05, 4.69) is 41.8 Å². The summed E-state index contributed by atoms with van der Waals surface area (Å²) < 4.78 is 3.54. The predicted molar refractivity (Wildman–Crippen MR) is 71.5 cm³/mol. The van der Waals surface area contributed by atoms with E-state index in [0.29, 0.717) is 12.1 Å². The Balaban J connectivity index is 2.20. The van der Waals surface area contributed by atoms with Crippen LogP contribution < -0.4 is 0 Å². The van der Waals surface area contributed by atoms with Crippen molar-refractivity contribution in [1.82, 2.24) is 14.5 Å². The lowest BCUT2D eigenvalue weighted by Crippen LogP contribution is -2.08. The molecule has 1 N–H and O–H groups in total. The van der Waals surface area contributed by atoms with E-state index in [9.17, 15) is 5.11 Å². The van der Waals surface area contributed by atoms with Crippen molar-refractivity contribution in [2.75, 3.05) is 0 Å². The topological polar surface area (TPSA) is 50.9 Å². The van der Waals surface area contributed by atoms with Crippen LogP contribution in [0.5, 0.6) is 0 Å². The van der Waals surface area contributed by atoms with Gasteiger partial charge in [-0.05, 0) is 37.9 Å². The van der Waals surface area contributed by atoms with Crippen LogP contribution >= 0.6 is 31.9 Å². The van der Waals surface area contributed by atoms with E-state index in [1.807, 2.05) is 23.9 Å². The van der Waals surface area contributed by atoms with Crippen LogP contribution in [0.25, 0.3) is 0 Å². The third-order valence-electron chi connectivity index (χ3n) is 2.45.